The number of aryl methyl sites for hydroxylation is 1. The maximum atomic E-state index is 13.5. The molecule has 0 unspecified atom stereocenters. The summed E-state index contributed by atoms with van der Waals surface area (Å²) in [6.45, 7) is 2.04. The molecule has 0 saturated carbocycles. The number of benzene rings is 3. The summed E-state index contributed by atoms with van der Waals surface area (Å²) < 4.78 is 18.1. The molecule has 0 spiro atoms. The highest BCUT2D eigenvalue weighted by atomic mass is 32.2. The van der Waals surface area contributed by atoms with E-state index in [1.807, 2.05) is 55.5 Å². The number of nitrogens with zero attached hydrogens (tertiary/aromatic N) is 3. The van der Waals surface area contributed by atoms with Crippen LogP contribution in [-0.2, 0) is 5.75 Å². The van der Waals surface area contributed by atoms with E-state index in [1.165, 1.54) is 17.3 Å². The summed E-state index contributed by atoms with van der Waals surface area (Å²) in [6, 6.07) is 20.7. The van der Waals surface area contributed by atoms with Crippen molar-refractivity contribution in [2.45, 2.75) is 17.8 Å². The molecule has 0 saturated heterocycles. The number of hydrogen-bond acceptors (Lipinski definition) is 7. The lowest BCUT2D eigenvalue weighted by Gasteiger charge is -2.15. The van der Waals surface area contributed by atoms with Crippen molar-refractivity contribution in [3.05, 3.63) is 94.6 Å². The minimum absolute atomic E-state index is 0.161. The lowest BCUT2D eigenvalue weighted by molar-refractivity contribution is 0.354. The van der Waals surface area contributed by atoms with Crippen LogP contribution < -0.4 is 15.0 Å². The van der Waals surface area contributed by atoms with Gasteiger partial charge in [0.25, 0.3) is 5.56 Å². The Morgan fingerprint density at radius 2 is 1.71 bits per heavy atom. The molecule has 176 valence electrons. The van der Waals surface area contributed by atoms with Crippen LogP contribution in [0.2, 0.25) is 0 Å². The number of hydrogen-bond donors (Lipinski definition) is 0. The first kappa shape index (κ1) is 22.7. The van der Waals surface area contributed by atoms with Crippen molar-refractivity contribution in [2.24, 2.45) is 0 Å². The number of rotatable bonds is 7. The summed E-state index contributed by atoms with van der Waals surface area (Å²) in [7, 11) is 3.14. The molecule has 0 bridgehead atoms. The summed E-state index contributed by atoms with van der Waals surface area (Å²) in [4.78, 5) is 23.0. The van der Waals surface area contributed by atoms with Crippen molar-refractivity contribution < 1.29 is 13.9 Å². The van der Waals surface area contributed by atoms with Gasteiger partial charge in [0.05, 0.1) is 36.5 Å². The van der Waals surface area contributed by atoms with Crippen molar-refractivity contribution in [1.29, 1.82) is 0 Å². The molecule has 0 amide bonds. The van der Waals surface area contributed by atoms with E-state index in [-0.39, 0.29) is 5.56 Å². The predicted molar refractivity (Wildman–Crippen MR) is 137 cm³/mol. The number of thioether (sulfide) groups is 1. The van der Waals surface area contributed by atoms with Crippen LogP contribution in [0, 0.1) is 6.92 Å². The largest absolute Gasteiger partial charge is 0.493 e. The normalized spacial score (nSPS) is 11.1. The SMILES string of the molecule is COc1ccc(-n2c(SCc3coc(-c4ccc(C)cc4)n3)nc3ccccc3c2=O)cc1OC. The fourth-order valence-corrected chi connectivity index (χ4v) is 4.63. The molecule has 0 aliphatic rings. The zero-order chi connectivity index (χ0) is 24.4. The zero-order valence-corrected chi connectivity index (χ0v) is 20.3. The number of methoxy groups -OCH3 is 2. The molecule has 0 N–H and O–H groups in total. The van der Waals surface area contributed by atoms with Gasteiger partial charge in [-0.05, 0) is 43.3 Å². The monoisotopic (exact) mass is 485 g/mol. The van der Waals surface area contributed by atoms with Gasteiger partial charge in [0.1, 0.15) is 6.26 Å². The summed E-state index contributed by atoms with van der Waals surface area (Å²) in [5.74, 6) is 2.15. The zero-order valence-electron chi connectivity index (χ0n) is 19.5. The van der Waals surface area contributed by atoms with Crippen molar-refractivity contribution in [1.82, 2.24) is 14.5 Å². The average Bonchev–Trinajstić information content (AvgIpc) is 3.36. The molecule has 0 atom stereocenters. The first-order chi connectivity index (χ1) is 17.1. The van der Waals surface area contributed by atoms with Crippen molar-refractivity contribution >= 4 is 22.7 Å². The summed E-state index contributed by atoms with van der Waals surface area (Å²) in [5.41, 5.74) is 3.95. The van der Waals surface area contributed by atoms with Gasteiger partial charge in [0.15, 0.2) is 16.7 Å². The molecule has 2 aromatic heterocycles. The van der Waals surface area contributed by atoms with Gasteiger partial charge >= 0.3 is 0 Å². The number of ether oxygens (including phenoxy) is 2. The quantitative estimate of drug-likeness (QED) is 0.217. The smallest absolute Gasteiger partial charge is 0.266 e. The molecule has 35 heavy (non-hydrogen) atoms. The van der Waals surface area contributed by atoms with Crippen molar-refractivity contribution in [2.75, 3.05) is 14.2 Å². The third kappa shape index (κ3) is 4.52. The molecular formula is C27H23N3O4S. The summed E-state index contributed by atoms with van der Waals surface area (Å²) in [5, 5.41) is 1.08. The maximum absolute atomic E-state index is 13.5. The average molecular weight is 486 g/mol. The molecule has 5 rings (SSSR count). The molecular weight excluding hydrogens is 462 g/mol. The molecule has 0 fully saturated rings. The Labute approximate surface area is 206 Å². The highest BCUT2D eigenvalue weighted by molar-refractivity contribution is 7.98. The van der Waals surface area contributed by atoms with Crippen molar-refractivity contribution in [3.63, 3.8) is 0 Å². The molecule has 5 aromatic rings. The summed E-state index contributed by atoms with van der Waals surface area (Å²) in [6.07, 6.45) is 1.64. The fourth-order valence-electron chi connectivity index (χ4n) is 3.74. The van der Waals surface area contributed by atoms with Crippen LogP contribution in [0.15, 0.2) is 87.4 Å². The third-order valence-electron chi connectivity index (χ3n) is 5.57. The van der Waals surface area contributed by atoms with Crippen LogP contribution in [0.1, 0.15) is 11.3 Å². The topological polar surface area (TPSA) is 79.4 Å². The van der Waals surface area contributed by atoms with E-state index in [1.54, 1.807) is 43.2 Å². The highest BCUT2D eigenvalue weighted by Crippen LogP contribution is 2.31. The highest BCUT2D eigenvalue weighted by Gasteiger charge is 2.16. The molecule has 2 heterocycles. The summed E-state index contributed by atoms with van der Waals surface area (Å²) >= 11 is 1.42. The van der Waals surface area contributed by atoms with Crippen LogP contribution in [-0.4, -0.2) is 28.8 Å². The van der Waals surface area contributed by atoms with Gasteiger partial charge in [-0.15, -0.1) is 0 Å². The number of para-hydroxylation sites is 1. The van der Waals surface area contributed by atoms with Gasteiger partial charge in [-0.25, -0.2) is 9.97 Å². The van der Waals surface area contributed by atoms with Gasteiger partial charge in [-0.2, -0.15) is 0 Å². The van der Waals surface area contributed by atoms with Gasteiger partial charge in [-0.1, -0.05) is 41.6 Å². The first-order valence-electron chi connectivity index (χ1n) is 11.0. The predicted octanol–water partition coefficient (Wildman–Crippen LogP) is 5.66. The van der Waals surface area contributed by atoms with E-state index in [2.05, 4.69) is 4.98 Å². The third-order valence-corrected chi connectivity index (χ3v) is 6.54. The van der Waals surface area contributed by atoms with Crippen LogP contribution >= 0.6 is 11.8 Å². The van der Waals surface area contributed by atoms with E-state index >= 15 is 0 Å². The Hall–Kier alpha value is -4.04. The van der Waals surface area contributed by atoms with Gasteiger partial charge in [0, 0.05) is 17.4 Å². The maximum Gasteiger partial charge on any atom is 0.266 e. The minimum atomic E-state index is -0.161. The number of fused-ring (bicyclic) bond motifs is 1. The minimum Gasteiger partial charge on any atom is -0.493 e. The molecule has 0 aliphatic heterocycles. The van der Waals surface area contributed by atoms with Crippen molar-refractivity contribution in [3.8, 4) is 28.6 Å². The second-order valence-corrected chi connectivity index (χ2v) is 8.83. The Kier molecular flexibility index (Phi) is 6.29. The fraction of sp³-hybridized carbons (Fsp3) is 0.148. The van der Waals surface area contributed by atoms with Gasteiger partial charge in [-0.3, -0.25) is 9.36 Å². The molecule has 0 aliphatic carbocycles. The van der Waals surface area contributed by atoms with E-state index in [9.17, 15) is 4.79 Å². The second-order valence-electron chi connectivity index (χ2n) is 7.89. The Morgan fingerprint density at radius 3 is 2.49 bits per heavy atom. The lowest BCUT2D eigenvalue weighted by Crippen LogP contribution is -2.21. The van der Waals surface area contributed by atoms with E-state index in [4.69, 9.17) is 18.9 Å². The Balaban J connectivity index is 1.53. The second kappa shape index (κ2) is 9.68. The first-order valence-corrected chi connectivity index (χ1v) is 11.9. The lowest BCUT2D eigenvalue weighted by atomic mass is 10.1. The van der Waals surface area contributed by atoms with Crippen LogP contribution in [0.3, 0.4) is 0 Å². The molecule has 3 aromatic carbocycles. The van der Waals surface area contributed by atoms with Crippen LogP contribution in [0.4, 0.5) is 0 Å². The Morgan fingerprint density at radius 1 is 0.943 bits per heavy atom. The van der Waals surface area contributed by atoms with E-state index in [0.717, 1.165) is 11.3 Å². The van der Waals surface area contributed by atoms with E-state index in [0.29, 0.717) is 44.9 Å². The van der Waals surface area contributed by atoms with Crippen LogP contribution in [0.5, 0.6) is 11.5 Å². The number of oxazole rings is 1. The van der Waals surface area contributed by atoms with E-state index < -0.39 is 0 Å². The van der Waals surface area contributed by atoms with Crippen LogP contribution in [0.25, 0.3) is 28.0 Å². The van der Waals surface area contributed by atoms with Gasteiger partial charge < -0.3 is 13.9 Å². The molecule has 8 heteroatoms. The number of aromatic nitrogens is 3. The Bertz CT molecular complexity index is 1560. The molecule has 7 nitrogen and oxygen atoms in total. The standard InChI is InChI=1S/C27H23N3O4S/c1-17-8-10-18(11-9-17)25-28-19(15-34-25)16-35-27-29-22-7-5-4-6-21(22)26(31)30(27)20-12-13-23(32-2)24(14-20)33-3/h4-15H,16H2,1-3H3. The molecule has 0 radical (unpaired) electrons. The van der Waals surface area contributed by atoms with Gasteiger partial charge in [0.2, 0.25) is 5.89 Å².